The maximum atomic E-state index is 12.2. The van der Waals surface area contributed by atoms with Crippen LogP contribution >= 0.6 is 11.3 Å². The number of thiazole rings is 1. The van der Waals surface area contributed by atoms with Crippen molar-refractivity contribution >= 4 is 22.9 Å². The van der Waals surface area contributed by atoms with E-state index in [1.54, 1.807) is 23.0 Å². The Morgan fingerprint density at radius 1 is 1.38 bits per heavy atom. The lowest BCUT2D eigenvalue weighted by atomic mass is 10.2. The van der Waals surface area contributed by atoms with E-state index < -0.39 is 0 Å². The molecule has 0 radical (unpaired) electrons. The van der Waals surface area contributed by atoms with Crippen LogP contribution in [0.4, 0.5) is 5.69 Å². The SMILES string of the molecule is CCc1c(NC(=O)CCc2cscn2)cnn1-c1cccc(C)c1. The Kier molecular flexibility index (Phi) is 5.05. The van der Waals surface area contributed by atoms with E-state index in [-0.39, 0.29) is 5.91 Å². The molecule has 24 heavy (non-hydrogen) atoms. The van der Waals surface area contributed by atoms with E-state index in [0.717, 1.165) is 29.2 Å². The molecular weight excluding hydrogens is 320 g/mol. The molecule has 2 heterocycles. The van der Waals surface area contributed by atoms with Crippen LogP contribution in [0, 0.1) is 6.92 Å². The Bertz CT molecular complexity index is 823. The summed E-state index contributed by atoms with van der Waals surface area (Å²) in [5, 5.41) is 9.41. The largest absolute Gasteiger partial charge is 0.323 e. The third-order valence-electron chi connectivity index (χ3n) is 3.82. The van der Waals surface area contributed by atoms with Crippen LogP contribution in [0.1, 0.15) is 30.3 Å². The highest BCUT2D eigenvalue weighted by Gasteiger charge is 2.13. The van der Waals surface area contributed by atoms with Crippen LogP contribution in [-0.2, 0) is 17.6 Å². The van der Waals surface area contributed by atoms with Crippen LogP contribution in [0.2, 0.25) is 0 Å². The Morgan fingerprint density at radius 2 is 2.25 bits per heavy atom. The van der Waals surface area contributed by atoms with Gasteiger partial charge in [0.05, 0.1) is 34.5 Å². The van der Waals surface area contributed by atoms with Gasteiger partial charge in [-0.15, -0.1) is 11.3 Å². The molecule has 1 amide bonds. The lowest BCUT2D eigenvalue weighted by molar-refractivity contribution is -0.116. The van der Waals surface area contributed by atoms with Crippen molar-refractivity contribution in [2.24, 2.45) is 0 Å². The van der Waals surface area contributed by atoms with Crippen LogP contribution in [0.3, 0.4) is 0 Å². The molecule has 0 atom stereocenters. The van der Waals surface area contributed by atoms with E-state index in [2.05, 4.69) is 41.4 Å². The molecule has 0 unspecified atom stereocenters. The van der Waals surface area contributed by atoms with Gasteiger partial charge in [0.2, 0.25) is 5.91 Å². The molecule has 0 aliphatic rings. The highest BCUT2D eigenvalue weighted by molar-refractivity contribution is 7.07. The number of nitrogens with one attached hydrogen (secondary N) is 1. The van der Waals surface area contributed by atoms with Crippen molar-refractivity contribution < 1.29 is 4.79 Å². The molecule has 0 bridgehead atoms. The maximum Gasteiger partial charge on any atom is 0.224 e. The number of aromatic nitrogens is 3. The van der Waals surface area contributed by atoms with Gasteiger partial charge in [-0.25, -0.2) is 9.67 Å². The van der Waals surface area contributed by atoms with E-state index in [4.69, 9.17) is 0 Å². The number of anilines is 1. The van der Waals surface area contributed by atoms with Gasteiger partial charge < -0.3 is 5.32 Å². The minimum Gasteiger partial charge on any atom is -0.323 e. The Labute approximate surface area is 145 Å². The normalized spacial score (nSPS) is 10.8. The summed E-state index contributed by atoms with van der Waals surface area (Å²) in [4.78, 5) is 16.4. The second-order valence-corrected chi connectivity index (χ2v) is 6.36. The standard InChI is InChI=1S/C18H20N4OS/c1-3-17-16(21-18(23)8-7-14-11-24-12-19-14)10-20-22(17)15-6-4-5-13(2)9-15/h4-6,9-12H,3,7-8H2,1-2H3,(H,21,23). The lowest BCUT2D eigenvalue weighted by Gasteiger charge is -2.09. The maximum absolute atomic E-state index is 12.2. The molecule has 2 aromatic heterocycles. The predicted octanol–water partition coefficient (Wildman–Crippen LogP) is 3.77. The molecule has 6 heteroatoms. The average Bonchev–Trinajstić information content (AvgIpc) is 3.22. The van der Waals surface area contributed by atoms with Crippen LogP contribution in [0.5, 0.6) is 0 Å². The minimum absolute atomic E-state index is 0.0125. The predicted molar refractivity (Wildman–Crippen MR) is 96.7 cm³/mol. The number of amides is 1. The van der Waals surface area contributed by atoms with Crippen molar-refractivity contribution in [1.82, 2.24) is 14.8 Å². The number of carbonyl (C=O) groups excluding carboxylic acids is 1. The van der Waals surface area contributed by atoms with Gasteiger partial charge in [0.25, 0.3) is 0 Å². The summed E-state index contributed by atoms with van der Waals surface area (Å²) in [6, 6.07) is 8.17. The highest BCUT2D eigenvalue weighted by Crippen LogP contribution is 2.21. The van der Waals surface area contributed by atoms with Gasteiger partial charge in [-0.2, -0.15) is 5.10 Å². The molecule has 1 aromatic carbocycles. The summed E-state index contributed by atoms with van der Waals surface area (Å²) < 4.78 is 1.89. The van der Waals surface area contributed by atoms with E-state index >= 15 is 0 Å². The molecule has 5 nitrogen and oxygen atoms in total. The zero-order valence-electron chi connectivity index (χ0n) is 13.8. The van der Waals surface area contributed by atoms with Crippen LogP contribution < -0.4 is 5.32 Å². The average molecular weight is 340 g/mol. The summed E-state index contributed by atoms with van der Waals surface area (Å²) in [6.45, 7) is 4.12. The Balaban J connectivity index is 1.73. The van der Waals surface area contributed by atoms with Gasteiger partial charge in [0.15, 0.2) is 0 Å². The van der Waals surface area contributed by atoms with Crippen molar-refractivity contribution in [2.75, 3.05) is 5.32 Å². The van der Waals surface area contributed by atoms with Crippen LogP contribution in [-0.4, -0.2) is 20.7 Å². The fraction of sp³-hybridized carbons (Fsp3) is 0.278. The first-order valence-corrected chi connectivity index (χ1v) is 8.92. The van der Waals surface area contributed by atoms with Gasteiger partial charge in [-0.1, -0.05) is 19.1 Å². The first-order chi connectivity index (χ1) is 11.7. The second-order valence-electron chi connectivity index (χ2n) is 5.64. The van der Waals surface area contributed by atoms with Crippen molar-refractivity contribution in [3.8, 4) is 5.69 Å². The first kappa shape index (κ1) is 16.4. The molecule has 3 aromatic rings. The number of hydrogen-bond acceptors (Lipinski definition) is 4. The lowest BCUT2D eigenvalue weighted by Crippen LogP contribution is -2.14. The minimum atomic E-state index is -0.0125. The molecule has 1 N–H and O–H groups in total. The molecule has 0 fully saturated rings. The monoisotopic (exact) mass is 340 g/mol. The summed E-state index contributed by atoms with van der Waals surface area (Å²) in [5.41, 5.74) is 6.72. The summed E-state index contributed by atoms with van der Waals surface area (Å²) in [5.74, 6) is -0.0125. The highest BCUT2D eigenvalue weighted by atomic mass is 32.1. The molecule has 0 saturated heterocycles. The number of benzene rings is 1. The van der Waals surface area contributed by atoms with Crippen molar-refractivity contribution in [3.63, 3.8) is 0 Å². The summed E-state index contributed by atoms with van der Waals surface area (Å²) in [6.07, 6.45) is 3.59. The molecular formula is C18H20N4OS. The van der Waals surface area contributed by atoms with Crippen LogP contribution in [0.25, 0.3) is 5.69 Å². The third-order valence-corrected chi connectivity index (χ3v) is 4.45. The summed E-state index contributed by atoms with van der Waals surface area (Å²) in [7, 11) is 0. The number of rotatable bonds is 6. The van der Waals surface area contributed by atoms with E-state index in [0.29, 0.717) is 12.8 Å². The number of aryl methyl sites for hydroxylation is 2. The van der Waals surface area contributed by atoms with E-state index in [9.17, 15) is 4.79 Å². The smallest absolute Gasteiger partial charge is 0.224 e. The van der Waals surface area contributed by atoms with Gasteiger partial charge >= 0.3 is 0 Å². The van der Waals surface area contributed by atoms with Gasteiger partial charge in [0.1, 0.15) is 0 Å². The third kappa shape index (κ3) is 3.71. The zero-order chi connectivity index (χ0) is 16.9. The molecule has 0 aliphatic carbocycles. The van der Waals surface area contributed by atoms with E-state index in [1.807, 2.05) is 22.2 Å². The van der Waals surface area contributed by atoms with Crippen LogP contribution in [0.15, 0.2) is 41.4 Å². The summed E-state index contributed by atoms with van der Waals surface area (Å²) >= 11 is 1.55. The Hall–Kier alpha value is -2.47. The topological polar surface area (TPSA) is 59.8 Å². The quantitative estimate of drug-likeness (QED) is 0.743. The Morgan fingerprint density at radius 3 is 2.96 bits per heavy atom. The van der Waals surface area contributed by atoms with Gasteiger partial charge in [-0.05, 0) is 37.5 Å². The molecule has 3 rings (SSSR count). The fourth-order valence-corrected chi connectivity index (χ4v) is 3.21. The molecule has 0 aliphatic heterocycles. The number of hydrogen-bond donors (Lipinski definition) is 1. The van der Waals surface area contributed by atoms with Crippen molar-refractivity contribution in [1.29, 1.82) is 0 Å². The van der Waals surface area contributed by atoms with E-state index in [1.165, 1.54) is 5.56 Å². The van der Waals surface area contributed by atoms with Gasteiger partial charge in [0, 0.05) is 11.8 Å². The number of carbonyl (C=O) groups is 1. The molecule has 0 spiro atoms. The van der Waals surface area contributed by atoms with Gasteiger partial charge in [-0.3, -0.25) is 4.79 Å². The fourth-order valence-electron chi connectivity index (χ4n) is 2.62. The molecule has 0 saturated carbocycles. The first-order valence-electron chi connectivity index (χ1n) is 7.98. The number of nitrogens with zero attached hydrogens (tertiary/aromatic N) is 3. The van der Waals surface area contributed by atoms with Crippen molar-refractivity contribution in [2.45, 2.75) is 33.1 Å². The zero-order valence-corrected chi connectivity index (χ0v) is 14.6. The molecule has 124 valence electrons. The second kappa shape index (κ2) is 7.40. The van der Waals surface area contributed by atoms with Crippen molar-refractivity contribution in [3.05, 3.63) is 58.3 Å².